The summed E-state index contributed by atoms with van der Waals surface area (Å²) < 4.78 is 0. The Morgan fingerprint density at radius 2 is 2.00 bits per heavy atom. The van der Waals surface area contributed by atoms with Crippen molar-refractivity contribution in [3.63, 3.8) is 0 Å². The molecule has 104 valence electrons. The lowest BCUT2D eigenvalue weighted by Crippen LogP contribution is -2.54. The quantitative estimate of drug-likeness (QED) is 0.891. The Hall–Kier alpha value is -0.890. The average Bonchev–Trinajstić information content (AvgIpc) is 2.85. The topological polar surface area (TPSA) is 24.9 Å². The van der Waals surface area contributed by atoms with E-state index in [1.807, 2.05) is 6.20 Å². The van der Waals surface area contributed by atoms with Gasteiger partial charge in [-0.3, -0.25) is 4.98 Å². The molecule has 2 heteroatoms. The molecule has 1 aromatic rings. The molecule has 2 aliphatic carbocycles. The zero-order chi connectivity index (χ0) is 13.3. The van der Waals surface area contributed by atoms with E-state index in [-0.39, 0.29) is 0 Å². The predicted molar refractivity (Wildman–Crippen MR) is 79.2 cm³/mol. The van der Waals surface area contributed by atoms with Crippen LogP contribution in [0.15, 0.2) is 24.5 Å². The molecule has 3 rings (SSSR count). The first kappa shape index (κ1) is 13.1. The van der Waals surface area contributed by atoms with Crippen molar-refractivity contribution >= 4 is 0 Å². The molecule has 2 nitrogen and oxygen atoms in total. The van der Waals surface area contributed by atoms with E-state index in [1.54, 1.807) is 0 Å². The molecule has 0 bridgehead atoms. The Bertz CT molecular complexity index is 410. The first-order valence-corrected chi connectivity index (χ1v) is 7.78. The van der Waals surface area contributed by atoms with Crippen LogP contribution in [0.2, 0.25) is 0 Å². The summed E-state index contributed by atoms with van der Waals surface area (Å²) >= 11 is 0. The van der Waals surface area contributed by atoms with Gasteiger partial charge in [0.15, 0.2) is 0 Å². The SMILES string of the molecule is CC(C)NCC1(c2cccnc2)CC2(CCCC2)C1. The molecular formula is C17H26N2. The third-order valence-corrected chi connectivity index (χ3v) is 5.21. The van der Waals surface area contributed by atoms with Gasteiger partial charge >= 0.3 is 0 Å². The zero-order valence-corrected chi connectivity index (χ0v) is 12.3. The van der Waals surface area contributed by atoms with Crippen LogP contribution in [0, 0.1) is 5.41 Å². The highest BCUT2D eigenvalue weighted by Crippen LogP contribution is 2.62. The van der Waals surface area contributed by atoms with Crippen molar-refractivity contribution in [3.8, 4) is 0 Å². The Labute approximate surface area is 117 Å². The number of rotatable bonds is 4. The summed E-state index contributed by atoms with van der Waals surface area (Å²) in [6, 6.07) is 4.93. The van der Waals surface area contributed by atoms with Gasteiger partial charge in [0.2, 0.25) is 0 Å². The van der Waals surface area contributed by atoms with E-state index >= 15 is 0 Å². The summed E-state index contributed by atoms with van der Waals surface area (Å²) in [5, 5.41) is 3.67. The number of aromatic nitrogens is 1. The minimum absolute atomic E-state index is 0.350. The van der Waals surface area contributed by atoms with E-state index in [1.165, 1.54) is 44.1 Å². The second-order valence-electron chi connectivity index (χ2n) is 7.12. The fraction of sp³-hybridized carbons (Fsp3) is 0.706. The van der Waals surface area contributed by atoms with Crippen molar-refractivity contribution in [3.05, 3.63) is 30.1 Å². The molecule has 1 aromatic heterocycles. The van der Waals surface area contributed by atoms with Gasteiger partial charge in [0, 0.05) is 30.4 Å². The molecular weight excluding hydrogens is 232 g/mol. The Kier molecular flexibility index (Phi) is 3.38. The molecule has 0 aliphatic heterocycles. The highest BCUT2D eigenvalue weighted by atomic mass is 14.9. The standard InChI is InChI=1S/C17H26N2/c1-14(2)19-13-17(15-6-5-9-18-10-15)11-16(12-17)7-3-4-8-16/h5-6,9-10,14,19H,3-4,7-8,11-13H2,1-2H3. The maximum atomic E-state index is 4.35. The maximum absolute atomic E-state index is 4.35. The number of nitrogens with zero attached hydrogens (tertiary/aromatic N) is 1. The summed E-state index contributed by atoms with van der Waals surface area (Å²) in [6.45, 7) is 5.58. The largest absolute Gasteiger partial charge is 0.314 e. The minimum atomic E-state index is 0.350. The van der Waals surface area contributed by atoms with E-state index in [4.69, 9.17) is 0 Å². The zero-order valence-electron chi connectivity index (χ0n) is 12.3. The van der Waals surface area contributed by atoms with Crippen molar-refractivity contribution in [2.45, 2.75) is 63.8 Å². The van der Waals surface area contributed by atoms with Crippen LogP contribution < -0.4 is 5.32 Å². The highest BCUT2D eigenvalue weighted by molar-refractivity contribution is 5.29. The molecule has 1 N–H and O–H groups in total. The molecule has 0 amide bonds. The van der Waals surface area contributed by atoms with Crippen molar-refractivity contribution < 1.29 is 0 Å². The Balaban J connectivity index is 1.78. The second-order valence-corrected chi connectivity index (χ2v) is 7.12. The van der Waals surface area contributed by atoms with Gasteiger partial charge in [-0.25, -0.2) is 0 Å². The molecule has 2 saturated carbocycles. The number of hydrogen-bond acceptors (Lipinski definition) is 2. The second kappa shape index (κ2) is 4.90. The minimum Gasteiger partial charge on any atom is -0.314 e. The fourth-order valence-corrected chi connectivity index (χ4v) is 4.37. The lowest BCUT2D eigenvalue weighted by molar-refractivity contribution is 0.0255. The summed E-state index contributed by atoms with van der Waals surface area (Å²) in [5.74, 6) is 0. The maximum Gasteiger partial charge on any atom is 0.0306 e. The van der Waals surface area contributed by atoms with Crippen LogP contribution >= 0.6 is 0 Å². The van der Waals surface area contributed by atoms with Crippen LogP contribution in [0.25, 0.3) is 0 Å². The molecule has 1 heterocycles. The van der Waals surface area contributed by atoms with Gasteiger partial charge in [-0.05, 0) is 42.7 Å². The summed E-state index contributed by atoms with van der Waals surface area (Å²) in [4.78, 5) is 4.35. The van der Waals surface area contributed by atoms with Gasteiger partial charge in [0.05, 0.1) is 0 Å². The molecule has 2 aliphatic rings. The van der Waals surface area contributed by atoms with E-state index in [0.29, 0.717) is 16.9 Å². The number of pyridine rings is 1. The van der Waals surface area contributed by atoms with Crippen LogP contribution in [0.3, 0.4) is 0 Å². The van der Waals surface area contributed by atoms with E-state index in [9.17, 15) is 0 Å². The third-order valence-electron chi connectivity index (χ3n) is 5.21. The van der Waals surface area contributed by atoms with Gasteiger partial charge in [0.25, 0.3) is 0 Å². The van der Waals surface area contributed by atoms with Crippen molar-refractivity contribution in [2.24, 2.45) is 5.41 Å². The average molecular weight is 258 g/mol. The molecule has 0 atom stereocenters. The number of nitrogens with one attached hydrogen (secondary N) is 1. The van der Waals surface area contributed by atoms with E-state index in [0.717, 1.165) is 6.54 Å². The monoisotopic (exact) mass is 258 g/mol. The molecule has 0 unspecified atom stereocenters. The van der Waals surface area contributed by atoms with Crippen LogP contribution in [0.5, 0.6) is 0 Å². The van der Waals surface area contributed by atoms with Crippen molar-refractivity contribution in [1.82, 2.24) is 10.3 Å². The van der Waals surface area contributed by atoms with Gasteiger partial charge in [-0.15, -0.1) is 0 Å². The van der Waals surface area contributed by atoms with Gasteiger partial charge in [-0.2, -0.15) is 0 Å². The van der Waals surface area contributed by atoms with Crippen LogP contribution in [0.1, 0.15) is 57.9 Å². The number of hydrogen-bond donors (Lipinski definition) is 1. The highest BCUT2D eigenvalue weighted by Gasteiger charge is 2.55. The van der Waals surface area contributed by atoms with Gasteiger partial charge in [-0.1, -0.05) is 32.8 Å². The third kappa shape index (κ3) is 2.43. The fourth-order valence-electron chi connectivity index (χ4n) is 4.37. The van der Waals surface area contributed by atoms with Crippen molar-refractivity contribution in [2.75, 3.05) is 6.54 Å². The van der Waals surface area contributed by atoms with E-state index in [2.05, 4.69) is 42.5 Å². The molecule has 2 fully saturated rings. The normalized spacial score (nSPS) is 23.7. The summed E-state index contributed by atoms with van der Waals surface area (Å²) in [6.07, 6.45) is 12.5. The van der Waals surface area contributed by atoms with Crippen molar-refractivity contribution in [1.29, 1.82) is 0 Å². The van der Waals surface area contributed by atoms with Crippen LogP contribution in [-0.2, 0) is 5.41 Å². The molecule has 19 heavy (non-hydrogen) atoms. The first-order valence-electron chi connectivity index (χ1n) is 7.78. The van der Waals surface area contributed by atoms with E-state index < -0.39 is 0 Å². The summed E-state index contributed by atoms with van der Waals surface area (Å²) in [7, 11) is 0. The van der Waals surface area contributed by atoms with Gasteiger partial charge in [0.1, 0.15) is 0 Å². The lowest BCUT2D eigenvalue weighted by Gasteiger charge is -2.56. The molecule has 1 spiro atoms. The molecule has 0 radical (unpaired) electrons. The Morgan fingerprint density at radius 1 is 1.26 bits per heavy atom. The molecule has 0 aromatic carbocycles. The predicted octanol–water partition coefficient (Wildman–Crippen LogP) is 3.67. The first-order chi connectivity index (χ1) is 9.14. The summed E-state index contributed by atoms with van der Waals surface area (Å²) in [5.41, 5.74) is 2.47. The Morgan fingerprint density at radius 3 is 2.58 bits per heavy atom. The molecule has 0 saturated heterocycles. The van der Waals surface area contributed by atoms with Crippen LogP contribution in [-0.4, -0.2) is 17.6 Å². The lowest BCUT2D eigenvalue weighted by atomic mass is 9.50. The smallest absolute Gasteiger partial charge is 0.0306 e. The van der Waals surface area contributed by atoms with Gasteiger partial charge < -0.3 is 5.32 Å². The van der Waals surface area contributed by atoms with Crippen LogP contribution in [0.4, 0.5) is 0 Å².